The smallest absolute Gasteiger partial charge is 0.347 e. The second kappa shape index (κ2) is 5.49. The topological polar surface area (TPSA) is 48.4 Å². The molecule has 94 valence electrons. The van der Waals surface area contributed by atoms with Crippen LogP contribution in [0.5, 0.6) is 5.75 Å². The summed E-state index contributed by atoms with van der Waals surface area (Å²) < 4.78 is 10.6. The molecule has 0 saturated heterocycles. The molecule has 0 amide bonds. The number of hydrogen-bond acceptors (Lipinski definition) is 4. The highest BCUT2D eigenvalue weighted by Gasteiger charge is 2.16. The maximum atomic E-state index is 11.5. The van der Waals surface area contributed by atoms with Crippen LogP contribution >= 0.6 is 0 Å². The molecule has 1 atom stereocenters. The van der Waals surface area contributed by atoms with Gasteiger partial charge in [-0.05, 0) is 26.0 Å². The summed E-state index contributed by atoms with van der Waals surface area (Å²) in [5.74, 6) is 0.305. The normalized spacial score (nSPS) is 12.1. The van der Waals surface area contributed by atoms with Gasteiger partial charge in [0, 0.05) is 23.2 Å². The Morgan fingerprint density at radius 1 is 1.39 bits per heavy atom. The Balaban J connectivity index is 2.24. The van der Waals surface area contributed by atoms with Crippen LogP contribution in [0.3, 0.4) is 0 Å². The molecule has 0 bridgehead atoms. The molecule has 18 heavy (non-hydrogen) atoms. The number of carbonyl (C=O) groups excluding carboxylic acids is 1. The average molecular weight is 245 g/mol. The summed E-state index contributed by atoms with van der Waals surface area (Å²) in [4.78, 5) is 15.6. The molecule has 0 aliphatic rings. The minimum Gasteiger partial charge on any atom is -0.478 e. The molecule has 1 aromatic carbocycles. The molecule has 0 aliphatic carbocycles. The van der Waals surface area contributed by atoms with E-state index in [0.717, 1.165) is 10.8 Å². The first kappa shape index (κ1) is 12.4. The summed E-state index contributed by atoms with van der Waals surface area (Å²) in [7, 11) is 0. The zero-order valence-corrected chi connectivity index (χ0v) is 10.4. The summed E-state index contributed by atoms with van der Waals surface area (Å²) in [5.41, 5.74) is 0. The van der Waals surface area contributed by atoms with Gasteiger partial charge >= 0.3 is 5.97 Å². The van der Waals surface area contributed by atoms with E-state index in [2.05, 4.69) is 4.98 Å². The van der Waals surface area contributed by atoms with Crippen LogP contribution in [0, 0.1) is 0 Å². The summed E-state index contributed by atoms with van der Waals surface area (Å²) >= 11 is 0. The molecule has 1 heterocycles. The van der Waals surface area contributed by atoms with Crippen molar-refractivity contribution in [2.75, 3.05) is 6.61 Å². The van der Waals surface area contributed by atoms with Crippen LogP contribution in [0.1, 0.15) is 13.8 Å². The van der Waals surface area contributed by atoms with Crippen molar-refractivity contribution in [2.45, 2.75) is 20.0 Å². The predicted molar refractivity (Wildman–Crippen MR) is 68.5 cm³/mol. The van der Waals surface area contributed by atoms with E-state index in [1.165, 1.54) is 0 Å². The lowest BCUT2D eigenvalue weighted by atomic mass is 10.1. The Bertz CT molecular complexity index is 548. The molecule has 4 heteroatoms. The molecule has 0 N–H and O–H groups in total. The first-order valence-electron chi connectivity index (χ1n) is 5.88. The predicted octanol–water partition coefficient (Wildman–Crippen LogP) is 2.57. The fourth-order valence-electron chi connectivity index (χ4n) is 1.69. The second-order valence-electron chi connectivity index (χ2n) is 3.87. The van der Waals surface area contributed by atoms with Crippen LogP contribution in [0.25, 0.3) is 10.8 Å². The minimum atomic E-state index is -0.622. The maximum absolute atomic E-state index is 11.5. The number of carbonyl (C=O) groups is 1. The number of pyridine rings is 1. The maximum Gasteiger partial charge on any atom is 0.347 e. The van der Waals surface area contributed by atoms with Gasteiger partial charge in [-0.25, -0.2) is 4.79 Å². The Morgan fingerprint density at radius 2 is 2.22 bits per heavy atom. The molecule has 2 aromatic rings. The Hall–Kier alpha value is -2.10. The molecule has 0 unspecified atom stereocenters. The third kappa shape index (κ3) is 2.59. The lowest BCUT2D eigenvalue weighted by molar-refractivity contribution is -0.150. The SMILES string of the molecule is CCOC(=O)[C@@H](C)Oc1cccc2cnccc12. The summed E-state index contributed by atoms with van der Waals surface area (Å²) in [6.07, 6.45) is 2.84. The van der Waals surface area contributed by atoms with Crippen LogP contribution in [0.4, 0.5) is 0 Å². The lowest BCUT2D eigenvalue weighted by Crippen LogP contribution is -2.26. The van der Waals surface area contributed by atoms with Crippen LogP contribution < -0.4 is 4.74 Å². The zero-order chi connectivity index (χ0) is 13.0. The summed E-state index contributed by atoms with van der Waals surface area (Å²) in [6.45, 7) is 3.80. The van der Waals surface area contributed by atoms with E-state index in [1.54, 1.807) is 26.2 Å². The fourth-order valence-corrected chi connectivity index (χ4v) is 1.69. The summed E-state index contributed by atoms with van der Waals surface area (Å²) in [5, 5.41) is 1.91. The van der Waals surface area contributed by atoms with Gasteiger partial charge in [0.2, 0.25) is 0 Å². The molecule has 0 aliphatic heterocycles. The summed E-state index contributed by atoms with van der Waals surface area (Å²) in [6, 6.07) is 7.52. The van der Waals surface area contributed by atoms with E-state index < -0.39 is 6.10 Å². The molecular formula is C14H15NO3. The van der Waals surface area contributed by atoms with Crippen molar-refractivity contribution in [2.24, 2.45) is 0 Å². The number of nitrogens with zero attached hydrogens (tertiary/aromatic N) is 1. The zero-order valence-electron chi connectivity index (χ0n) is 10.4. The third-order valence-electron chi connectivity index (χ3n) is 2.56. The second-order valence-corrected chi connectivity index (χ2v) is 3.87. The number of rotatable bonds is 4. The van der Waals surface area contributed by atoms with E-state index in [4.69, 9.17) is 9.47 Å². The van der Waals surface area contributed by atoms with Crippen LogP contribution in [0.15, 0.2) is 36.7 Å². The van der Waals surface area contributed by atoms with E-state index in [9.17, 15) is 4.79 Å². The molecular weight excluding hydrogens is 230 g/mol. The largest absolute Gasteiger partial charge is 0.478 e. The monoisotopic (exact) mass is 245 g/mol. The lowest BCUT2D eigenvalue weighted by Gasteiger charge is -2.14. The van der Waals surface area contributed by atoms with Gasteiger partial charge in [0.05, 0.1) is 6.61 Å². The first-order valence-corrected chi connectivity index (χ1v) is 5.88. The van der Waals surface area contributed by atoms with Gasteiger partial charge in [-0.2, -0.15) is 0 Å². The van der Waals surface area contributed by atoms with Crippen LogP contribution in [-0.2, 0) is 9.53 Å². The molecule has 0 saturated carbocycles. The highest BCUT2D eigenvalue weighted by molar-refractivity contribution is 5.87. The number of fused-ring (bicyclic) bond motifs is 1. The quantitative estimate of drug-likeness (QED) is 0.777. The van der Waals surface area contributed by atoms with Gasteiger partial charge in [0.15, 0.2) is 6.10 Å². The van der Waals surface area contributed by atoms with Crippen molar-refractivity contribution in [1.82, 2.24) is 4.98 Å². The van der Waals surface area contributed by atoms with Crippen molar-refractivity contribution in [3.8, 4) is 5.75 Å². The van der Waals surface area contributed by atoms with E-state index in [0.29, 0.717) is 12.4 Å². The van der Waals surface area contributed by atoms with Crippen LogP contribution in [0.2, 0.25) is 0 Å². The van der Waals surface area contributed by atoms with Gasteiger partial charge in [-0.1, -0.05) is 12.1 Å². The number of aromatic nitrogens is 1. The molecule has 0 fully saturated rings. The molecule has 4 nitrogen and oxygen atoms in total. The van der Waals surface area contributed by atoms with Gasteiger partial charge < -0.3 is 9.47 Å². The van der Waals surface area contributed by atoms with E-state index in [-0.39, 0.29) is 5.97 Å². The Morgan fingerprint density at radius 3 is 3.00 bits per heavy atom. The first-order chi connectivity index (χ1) is 8.72. The Kier molecular flexibility index (Phi) is 3.77. The van der Waals surface area contributed by atoms with Crippen molar-refractivity contribution >= 4 is 16.7 Å². The molecule has 1 aromatic heterocycles. The fraction of sp³-hybridized carbons (Fsp3) is 0.286. The van der Waals surface area contributed by atoms with Crippen LogP contribution in [-0.4, -0.2) is 23.7 Å². The number of hydrogen-bond donors (Lipinski definition) is 0. The highest BCUT2D eigenvalue weighted by Crippen LogP contribution is 2.25. The van der Waals surface area contributed by atoms with E-state index >= 15 is 0 Å². The van der Waals surface area contributed by atoms with Crippen molar-refractivity contribution in [1.29, 1.82) is 0 Å². The molecule has 0 spiro atoms. The van der Waals surface area contributed by atoms with Gasteiger partial charge in [-0.3, -0.25) is 4.98 Å². The minimum absolute atomic E-state index is 0.353. The third-order valence-corrected chi connectivity index (χ3v) is 2.56. The number of benzene rings is 1. The number of ether oxygens (including phenoxy) is 2. The average Bonchev–Trinajstić information content (AvgIpc) is 2.39. The van der Waals surface area contributed by atoms with Gasteiger partial charge in [-0.15, -0.1) is 0 Å². The van der Waals surface area contributed by atoms with E-state index in [1.807, 2.05) is 24.3 Å². The van der Waals surface area contributed by atoms with Crippen molar-refractivity contribution in [3.05, 3.63) is 36.7 Å². The Labute approximate surface area is 106 Å². The highest BCUT2D eigenvalue weighted by atomic mass is 16.6. The van der Waals surface area contributed by atoms with Crippen molar-refractivity contribution < 1.29 is 14.3 Å². The van der Waals surface area contributed by atoms with Gasteiger partial charge in [0.25, 0.3) is 0 Å². The standard InChI is InChI=1S/C14H15NO3/c1-3-17-14(16)10(2)18-13-6-4-5-11-9-15-8-7-12(11)13/h4-10H,3H2,1-2H3/t10-/m1/s1. The number of esters is 1. The molecule has 0 radical (unpaired) electrons. The van der Waals surface area contributed by atoms with Gasteiger partial charge in [0.1, 0.15) is 5.75 Å². The van der Waals surface area contributed by atoms with Crippen molar-refractivity contribution in [3.63, 3.8) is 0 Å². The molecule has 2 rings (SSSR count).